The zero-order valence-electron chi connectivity index (χ0n) is 27.5. The molecule has 51 heavy (non-hydrogen) atoms. The highest BCUT2D eigenvalue weighted by Gasteiger charge is 2.16. The van der Waals surface area contributed by atoms with Crippen molar-refractivity contribution in [1.29, 1.82) is 5.26 Å². The fraction of sp³-hybridized carbons (Fsp3) is 0. The number of hydrogen-bond acceptors (Lipinski definition) is 4. The molecule has 0 aliphatic heterocycles. The highest BCUT2D eigenvalue weighted by molar-refractivity contribution is 6.10. The molecule has 9 aromatic rings. The van der Waals surface area contributed by atoms with E-state index in [0.717, 1.165) is 44.6 Å². The quantitative estimate of drug-likeness (QED) is 0.179. The Balaban J connectivity index is 1.15. The van der Waals surface area contributed by atoms with Crippen molar-refractivity contribution in [3.8, 4) is 68.2 Å². The van der Waals surface area contributed by atoms with Gasteiger partial charge in [0.1, 0.15) is 0 Å². The SMILES string of the molecule is N#Cc1ccc(-c2cccc(-c3nc(-c4ccccc4)nc(-c4cccc(-c5ccc6c(c5)c5ccccc5n6-c5ccccc5)c4)n3)c2)cc1. The molecule has 0 radical (unpaired) electrons. The molecule has 0 unspecified atom stereocenters. The standard InChI is InChI=1S/C46H29N5/c47-30-31-21-23-32(24-22-31)34-13-9-15-37(27-34)45-48-44(33-11-3-1-4-12-33)49-46(50-45)38-16-10-14-35(28-38)36-25-26-43-41(29-36)40-19-7-8-20-42(40)51(43)39-17-5-2-6-18-39/h1-29H. The Kier molecular flexibility index (Phi) is 7.46. The van der Waals surface area contributed by atoms with Crippen molar-refractivity contribution in [2.24, 2.45) is 0 Å². The number of benzene rings is 7. The molecule has 9 rings (SSSR count). The van der Waals surface area contributed by atoms with E-state index in [1.807, 2.05) is 66.7 Å². The van der Waals surface area contributed by atoms with E-state index in [4.69, 9.17) is 15.0 Å². The molecule has 0 bridgehead atoms. The van der Waals surface area contributed by atoms with Gasteiger partial charge in [-0.2, -0.15) is 5.26 Å². The zero-order chi connectivity index (χ0) is 34.1. The number of fused-ring (bicyclic) bond motifs is 3. The first-order valence-electron chi connectivity index (χ1n) is 16.8. The lowest BCUT2D eigenvalue weighted by atomic mass is 10.00. The lowest BCUT2D eigenvalue weighted by Crippen LogP contribution is -2.00. The van der Waals surface area contributed by atoms with E-state index in [1.165, 1.54) is 21.8 Å². The first-order chi connectivity index (χ1) is 25.2. The molecule has 0 saturated carbocycles. The van der Waals surface area contributed by atoms with Crippen LogP contribution in [0.2, 0.25) is 0 Å². The van der Waals surface area contributed by atoms with Crippen molar-refractivity contribution in [1.82, 2.24) is 19.5 Å². The summed E-state index contributed by atoms with van der Waals surface area (Å²) in [6, 6.07) is 62.3. The highest BCUT2D eigenvalue weighted by atomic mass is 15.0. The molecule has 0 amide bonds. The third kappa shape index (κ3) is 5.61. The van der Waals surface area contributed by atoms with Crippen LogP contribution in [0.15, 0.2) is 176 Å². The van der Waals surface area contributed by atoms with Crippen LogP contribution in [-0.4, -0.2) is 19.5 Å². The molecule has 0 spiro atoms. The predicted octanol–water partition coefficient (Wildman–Crippen LogP) is 11.2. The van der Waals surface area contributed by atoms with Gasteiger partial charge in [-0.25, -0.2) is 15.0 Å². The lowest BCUT2D eigenvalue weighted by molar-refractivity contribution is 1.07. The zero-order valence-corrected chi connectivity index (χ0v) is 27.5. The van der Waals surface area contributed by atoms with Gasteiger partial charge in [-0.3, -0.25) is 0 Å². The van der Waals surface area contributed by atoms with Crippen LogP contribution in [0.25, 0.3) is 83.9 Å². The molecule has 0 saturated heterocycles. The second kappa shape index (κ2) is 12.7. The van der Waals surface area contributed by atoms with E-state index in [2.05, 4.69) is 120 Å². The molecule has 0 fully saturated rings. The number of aromatic nitrogens is 4. The van der Waals surface area contributed by atoms with Gasteiger partial charge in [0.2, 0.25) is 0 Å². The summed E-state index contributed by atoms with van der Waals surface area (Å²) in [6.45, 7) is 0. The summed E-state index contributed by atoms with van der Waals surface area (Å²) in [5.41, 5.74) is 11.1. The van der Waals surface area contributed by atoms with E-state index in [0.29, 0.717) is 23.0 Å². The number of hydrogen-bond donors (Lipinski definition) is 0. The van der Waals surface area contributed by atoms with Gasteiger partial charge in [0.15, 0.2) is 17.5 Å². The number of nitrogens with zero attached hydrogens (tertiary/aromatic N) is 5. The van der Waals surface area contributed by atoms with Crippen molar-refractivity contribution in [2.75, 3.05) is 0 Å². The maximum absolute atomic E-state index is 9.26. The van der Waals surface area contributed by atoms with Gasteiger partial charge in [0.05, 0.1) is 22.7 Å². The smallest absolute Gasteiger partial charge is 0.164 e. The second-order valence-corrected chi connectivity index (χ2v) is 12.4. The lowest BCUT2D eigenvalue weighted by Gasteiger charge is -2.11. The Hall–Kier alpha value is -7.16. The second-order valence-electron chi connectivity index (χ2n) is 12.4. The molecule has 0 aliphatic carbocycles. The van der Waals surface area contributed by atoms with Crippen molar-refractivity contribution in [2.45, 2.75) is 0 Å². The summed E-state index contributed by atoms with van der Waals surface area (Å²) in [7, 11) is 0. The van der Waals surface area contributed by atoms with E-state index in [9.17, 15) is 5.26 Å². The Morgan fingerprint density at radius 3 is 1.53 bits per heavy atom. The number of nitriles is 1. The topological polar surface area (TPSA) is 67.4 Å². The van der Waals surface area contributed by atoms with Crippen LogP contribution < -0.4 is 0 Å². The maximum Gasteiger partial charge on any atom is 0.164 e. The third-order valence-corrected chi connectivity index (χ3v) is 9.28. The van der Waals surface area contributed by atoms with Gasteiger partial charge in [-0.1, -0.05) is 121 Å². The first-order valence-corrected chi connectivity index (χ1v) is 16.8. The molecule has 2 aromatic heterocycles. The van der Waals surface area contributed by atoms with Gasteiger partial charge in [0.25, 0.3) is 0 Å². The molecular weight excluding hydrogens is 623 g/mol. The predicted molar refractivity (Wildman–Crippen MR) is 206 cm³/mol. The normalized spacial score (nSPS) is 11.1. The summed E-state index contributed by atoms with van der Waals surface area (Å²) in [6.07, 6.45) is 0. The van der Waals surface area contributed by atoms with E-state index in [-0.39, 0.29) is 0 Å². The average molecular weight is 652 g/mol. The van der Waals surface area contributed by atoms with E-state index >= 15 is 0 Å². The van der Waals surface area contributed by atoms with Crippen LogP contribution in [0, 0.1) is 11.3 Å². The maximum atomic E-state index is 9.26. The van der Waals surface area contributed by atoms with Crippen molar-refractivity contribution in [3.63, 3.8) is 0 Å². The first kappa shape index (κ1) is 29.9. The van der Waals surface area contributed by atoms with Crippen molar-refractivity contribution in [3.05, 3.63) is 181 Å². The molecule has 0 N–H and O–H groups in total. The molecule has 5 nitrogen and oxygen atoms in total. The molecular formula is C46H29N5. The van der Waals surface area contributed by atoms with Gasteiger partial charge >= 0.3 is 0 Å². The van der Waals surface area contributed by atoms with Crippen LogP contribution in [0.5, 0.6) is 0 Å². The Labute approximate surface area is 295 Å². The summed E-state index contributed by atoms with van der Waals surface area (Å²) in [5, 5.41) is 11.7. The van der Waals surface area contributed by atoms with Crippen LogP contribution >= 0.6 is 0 Å². The van der Waals surface area contributed by atoms with Crippen LogP contribution in [0.4, 0.5) is 0 Å². The largest absolute Gasteiger partial charge is 0.309 e. The highest BCUT2D eigenvalue weighted by Crippen LogP contribution is 2.36. The molecule has 5 heteroatoms. The monoisotopic (exact) mass is 651 g/mol. The minimum Gasteiger partial charge on any atom is -0.309 e. The molecule has 7 aromatic carbocycles. The Morgan fingerprint density at radius 1 is 0.373 bits per heavy atom. The van der Waals surface area contributed by atoms with E-state index in [1.54, 1.807) is 0 Å². The Morgan fingerprint density at radius 2 is 0.863 bits per heavy atom. The summed E-state index contributed by atoms with van der Waals surface area (Å²) in [5.74, 6) is 1.81. The summed E-state index contributed by atoms with van der Waals surface area (Å²) in [4.78, 5) is 15.0. The molecule has 2 heterocycles. The fourth-order valence-electron chi connectivity index (χ4n) is 6.77. The molecule has 0 aliphatic rings. The number of rotatable bonds is 6. The number of para-hydroxylation sites is 2. The van der Waals surface area contributed by atoms with Crippen LogP contribution in [0.1, 0.15) is 5.56 Å². The molecule has 0 atom stereocenters. The fourth-order valence-corrected chi connectivity index (χ4v) is 6.77. The summed E-state index contributed by atoms with van der Waals surface area (Å²) < 4.78 is 2.33. The average Bonchev–Trinajstić information content (AvgIpc) is 3.55. The minimum absolute atomic E-state index is 0.592. The summed E-state index contributed by atoms with van der Waals surface area (Å²) >= 11 is 0. The van der Waals surface area contributed by atoms with Gasteiger partial charge in [-0.05, 0) is 76.9 Å². The Bertz CT molecular complexity index is 2740. The van der Waals surface area contributed by atoms with E-state index < -0.39 is 0 Å². The van der Waals surface area contributed by atoms with Gasteiger partial charge in [-0.15, -0.1) is 0 Å². The molecule has 238 valence electrons. The van der Waals surface area contributed by atoms with Crippen LogP contribution in [0.3, 0.4) is 0 Å². The minimum atomic E-state index is 0.592. The van der Waals surface area contributed by atoms with Gasteiger partial charge in [0, 0.05) is 33.2 Å². The van der Waals surface area contributed by atoms with Crippen LogP contribution in [-0.2, 0) is 0 Å². The third-order valence-electron chi connectivity index (χ3n) is 9.28. The van der Waals surface area contributed by atoms with Crippen molar-refractivity contribution < 1.29 is 0 Å². The van der Waals surface area contributed by atoms with Crippen molar-refractivity contribution >= 4 is 21.8 Å². The van der Waals surface area contributed by atoms with Gasteiger partial charge < -0.3 is 4.57 Å².